The number of rotatable bonds is 3. The minimum atomic E-state index is -0.426. The Bertz CT molecular complexity index is 147. The molecule has 0 saturated heterocycles. The molecular weight excluding hydrogens is 150 g/mol. The molecule has 1 unspecified atom stereocenters. The fraction of sp³-hybridized carbons (Fsp3) is 0.667. The van der Waals surface area contributed by atoms with Crippen LogP contribution in [-0.4, -0.2) is 30.3 Å². The van der Waals surface area contributed by atoms with Crippen molar-refractivity contribution in [3.8, 4) is 0 Å². The third kappa shape index (κ3) is 2.39. The summed E-state index contributed by atoms with van der Waals surface area (Å²) in [7, 11) is 1.33. The highest BCUT2D eigenvalue weighted by Gasteiger charge is 2.19. The van der Waals surface area contributed by atoms with Gasteiger partial charge in [0.2, 0.25) is 0 Å². The molecule has 0 radical (unpaired) electrons. The van der Waals surface area contributed by atoms with Gasteiger partial charge >= 0.3 is 5.97 Å². The molecule has 0 rings (SSSR count). The third-order valence-corrected chi connectivity index (χ3v) is 2.06. The van der Waals surface area contributed by atoms with Crippen molar-refractivity contribution in [3.63, 3.8) is 0 Å². The van der Waals surface area contributed by atoms with Crippen LogP contribution < -0.4 is 0 Å². The smallest absolute Gasteiger partial charge is 0.324 e. The van der Waals surface area contributed by atoms with E-state index in [4.69, 9.17) is 5.41 Å². The van der Waals surface area contributed by atoms with E-state index in [2.05, 4.69) is 4.74 Å². The van der Waals surface area contributed by atoms with Crippen LogP contribution in [0.1, 0.15) is 6.92 Å². The Morgan fingerprint density at radius 1 is 1.70 bits per heavy atom. The van der Waals surface area contributed by atoms with Crippen molar-refractivity contribution in [2.24, 2.45) is 0 Å². The van der Waals surface area contributed by atoms with Crippen LogP contribution in [0.3, 0.4) is 0 Å². The highest BCUT2D eigenvalue weighted by molar-refractivity contribution is 8.00. The summed E-state index contributed by atoms with van der Waals surface area (Å²) < 4.78 is 4.46. The SMILES string of the molecule is COC(=O)C(SC)C(C)=N. The maximum absolute atomic E-state index is 10.8. The molecule has 0 aliphatic heterocycles. The van der Waals surface area contributed by atoms with E-state index in [0.29, 0.717) is 5.71 Å². The summed E-state index contributed by atoms with van der Waals surface area (Å²) in [6.07, 6.45) is 1.78. The van der Waals surface area contributed by atoms with Gasteiger partial charge in [0, 0.05) is 5.71 Å². The van der Waals surface area contributed by atoms with Crippen LogP contribution in [0, 0.1) is 5.41 Å². The summed E-state index contributed by atoms with van der Waals surface area (Å²) in [5.41, 5.74) is 0.333. The molecule has 0 bridgehead atoms. The molecule has 10 heavy (non-hydrogen) atoms. The number of carbonyl (C=O) groups excluding carboxylic acids is 1. The Kier molecular flexibility index (Phi) is 4.11. The van der Waals surface area contributed by atoms with Crippen molar-refractivity contribution in [1.29, 1.82) is 5.41 Å². The van der Waals surface area contributed by atoms with Crippen LogP contribution in [0.2, 0.25) is 0 Å². The lowest BCUT2D eigenvalue weighted by molar-refractivity contribution is -0.138. The maximum Gasteiger partial charge on any atom is 0.324 e. The van der Waals surface area contributed by atoms with Crippen molar-refractivity contribution in [2.45, 2.75) is 12.2 Å². The zero-order valence-electron chi connectivity index (χ0n) is 6.30. The van der Waals surface area contributed by atoms with Crippen molar-refractivity contribution in [2.75, 3.05) is 13.4 Å². The Hall–Kier alpha value is -0.510. The van der Waals surface area contributed by atoms with Gasteiger partial charge in [-0.1, -0.05) is 0 Å². The van der Waals surface area contributed by atoms with Gasteiger partial charge in [-0.3, -0.25) is 4.79 Å². The molecule has 0 amide bonds. The second kappa shape index (κ2) is 4.33. The summed E-state index contributed by atoms with van der Waals surface area (Å²) in [6.45, 7) is 1.60. The molecule has 0 aromatic rings. The fourth-order valence-corrected chi connectivity index (χ4v) is 1.20. The Balaban J connectivity index is 4.06. The molecule has 4 heteroatoms. The first-order valence-corrected chi connectivity index (χ1v) is 4.08. The monoisotopic (exact) mass is 161 g/mol. The van der Waals surface area contributed by atoms with E-state index >= 15 is 0 Å². The summed E-state index contributed by atoms with van der Waals surface area (Å²) in [5, 5.41) is 6.74. The molecule has 0 fully saturated rings. The normalized spacial score (nSPS) is 12.3. The van der Waals surface area contributed by atoms with E-state index in [9.17, 15) is 4.79 Å². The molecule has 1 atom stereocenters. The lowest BCUT2D eigenvalue weighted by atomic mass is 10.3. The highest BCUT2D eigenvalue weighted by atomic mass is 32.2. The van der Waals surface area contributed by atoms with Gasteiger partial charge in [0.05, 0.1) is 7.11 Å². The van der Waals surface area contributed by atoms with Gasteiger partial charge in [-0.25, -0.2) is 0 Å². The largest absolute Gasteiger partial charge is 0.468 e. The van der Waals surface area contributed by atoms with Crippen LogP contribution in [0.5, 0.6) is 0 Å². The van der Waals surface area contributed by atoms with Gasteiger partial charge in [-0.05, 0) is 13.2 Å². The van der Waals surface area contributed by atoms with Crippen molar-refractivity contribution >= 4 is 23.4 Å². The van der Waals surface area contributed by atoms with Gasteiger partial charge in [-0.15, -0.1) is 11.8 Å². The average molecular weight is 161 g/mol. The van der Waals surface area contributed by atoms with E-state index in [1.807, 2.05) is 0 Å². The number of ether oxygens (including phenoxy) is 1. The first kappa shape index (κ1) is 9.49. The number of thioether (sulfide) groups is 1. The Labute approximate surface area is 64.6 Å². The number of methoxy groups -OCH3 is 1. The first-order valence-electron chi connectivity index (χ1n) is 2.79. The van der Waals surface area contributed by atoms with E-state index in [-0.39, 0.29) is 5.97 Å². The molecule has 0 heterocycles. The third-order valence-electron chi connectivity index (χ3n) is 1.04. The predicted octanol–water partition coefficient (Wildman–Crippen LogP) is 0.931. The summed E-state index contributed by atoms with van der Waals surface area (Å²) in [4.78, 5) is 10.8. The number of hydrogen-bond donors (Lipinski definition) is 1. The topological polar surface area (TPSA) is 50.2 Å². The molecule has 1 N–H and O–H groups in total. The van der Waals surface area contributed by atoms with Crippen LogP contribution in [0.4, 0.5) is 0 Å². The van der Waals surface area contributed by atoms with Crippen molar-refractivity contribution in [1.82, 2.24) is 0 Å². The zero-order chi connectivity index (χ0) is 8.15. The maximum atomic E-state index is 10.8. The van der Waals surface area contributed by atoms with Crippen molar-refractivity contribution in [3.05, 3.63) is 0 Å². The molecule has 0 aromatic heterocycles. The quantitative estimate of drug-likeness (QED) is 0.495. The number of esters is 1. The molecular formula is C6H11NO2S. The molecule has 0 aliphatic carbocycles. The number of carbonyl (C=O) groups is 1. The lowest BCUT2D eigenvalue weighted by Crippen LogP contribution is -2.25. The molecule has 0 aromatic carbocycles. The molecule has 0 saturated carbocycles. The minimum Gasteiger partial charge on any atom is -0.468 e. The number of hydrogen-bond acceptors (Lipinski definition) is 4. The van der Waals surface area contributed by atoms with Crippen LogP contribution >= 0.6 is 11.8 Å². The molecule has 3 nitrogen and oxygen atoms in total. The van der Waals surface area contributed by atoms with Gasteiger partial charge in [0.25, 0.3) is 0 Å². The summed E-state index contributed by atoms with van der Waals surface area (Å²) in [6, 6.07) is 0. The standard InChI is InChI=1S/C6H11NO2S/c1-4(7)5(10-3)6(8)9-2/h5,7H,1-3H3. The highest BCUT2D eigenvalue weighted by Crippen LogP contribution is 2.08. The molecule has 0 spiro atoms. The Morgan fingerprint density at radius 2 is 2.20 bits per heavy atom. The second-order valence-corrected chi connectivity index (χ2v) is 2.76. The minimum absolute atomic E-state index is 0.333. The first-order chi connectivity index (χ1) is 4.63. The lowest BCUT2D eigenvalue weighted by Gasteiger charge is -2.08. The van der Waals surface area contributed by atoms with Gasteiger partial charge in [0.15, 0.2) is 0 Å². The summed E-state index contributed by atoms with van der Waals surface area (Å²) >= 11 is 1.31. The summed E-state index contributed by atoms with van der Waals surface area (Å²) in [5.74, 6) is -0.347. The van der Waals surface area contributed by atoms with Gasteiger partial charge in [0.1, 0.15) is 5.25 Å². The van der Waals surface area contributed by atoms with Crippen LogP contribution in [0.15, 0.2) is 0 Å². The zero-order valence-corrected chi connectivity index (χ0v) is 7.12. The van der Waals surface area contributed by atoms with Crippen molar-refractivity contribution < 1.29 is 9.53 Å². The van der Waals surface area contributed by atoms with E-state index < -0.39 is 5.25 Å². The Morgan fingerprint density at radius 3 is 2.30 bits per heavy atom. The second-order valence-electron chi connectivity index (χ2n) is 1.82. The van der Waals surface area contributed by atoms with Gasteiger partial charge in [-0.2, -0.15) is 0 Å². The number of nitrogens with one attached hydrogen (secondary N) is 1. The van der Waals surface area contributed by atoms with E-state index in [1.54, 1.807) is 13.2 Å². The molecule has 0 aliphatic rings. The van der Waals surface area contributed by atoms with Crippen LogP contribution in [-0.2, 0) is 9.53 Å². The van der Waals surface area contributed by atoms with Gasteiger partial charge < -0.3 is 10.1 Å². The van der Waals surface area contributed by atoms with E-state index in [0.717, 1.165) is 0 Å². The van der Waals surface area contributed by atoms with E-state index in [1.165, 1.54) is 18.9 Å². The fourth-order valence-electron chi connectivity index (χ4n) is 0.557. The molecule has 58 valence electrons. The van der Waals surface area contributed by atoms with Crippen LogP contribution in [0.25, 0.3) is 0 Å². The average Bonchev–Trinajstić information content (AvgIpc) is 1.88. The predicted molar refractivity (Wildman–Crippen MR) is 42.7 cm³/mol.